The minimum atomic E-state index is -0.167. The van der Waals surface area contributed by atoms with Crippen LogP contribution in [-0.2, 0) is 13.6 Å². The fourth-order valence-electron chi connectivity index (χ4n) is 4.28. The van der Waals surface area contributed by atoms with Crippen LogP contribution in [0, 0.1) is 0 Å². The van der Waals surface area contributed by atoms with E-state index in [0.29, 0.717) is 23.9 Å². The summed E-state index contributed by atoms with van der Waals surface area (Å²) in [5.74, 6) is 1.45. The molecule has 1 aliphatic heterocycles. The van der Waals surface area contributed by atoms with E-state index in [4.69, 9.17) is 11.6 Å². The van der Waals surface area contributed by atoms with Crippen LogP contribution in [0.4, 0.5) is 10.6 Å². The van der Waals surface area contributed by atoms with E-state index in [0.717, 1.165) is 35.4 Å². The Morgan fingerprint density at radius 2 is 1.91 bits per heavy atom. The molecule has 3 heterocycles. The summed E-state index contributed by atoms with van der Waals surface area (Å²) in [6.07, 6.45) is 5.07. The Balaban J connectivity index is 1.36. The lowest BCUT2D eigenvalue weighted by Gasteiger charge is -2.25. The molecule has 0 aliphatic carbocycles. The molecule has 0 radical (unpaired) electrons. The van der Waals surface area contributed by atoms with Crippen molar-refractivity contribution < 1.29 is 4.79 Å². The van der Waals surface area contributed by atoms with E-state index in [1.165, 1.54) is 0 Å². The Morgan fingerprint density at radius 3 is 2.70 bits per heavy atom. The second-order valence-corrected chi connectivity index (χ2v) is 8.52. The lowest BCUT2D eigenvalue weighted by Crippen LogP contribution is -2.36. The van der Waals surface area contributed by atoms with E-state index in [1.54, 1.807) is 17.2 Å². The lowest BCUT2D eigenvalue weighted by atomic mass is 10.1. The van der Waals surface area contributed by atoms with Crippen molar-refractivity contribution >= 4 is 23.4 Å². The van der Waals surface area contributed by atoms with Gasteiger partial charge in [-0.05, 0) is 36.1 Å². The molecule has 0 bridgehead atoms. The van der Waals surface area contributed by atoms with Gasteiger partial charge in [0.15, 0.2) is 0 Å². The smallest absolute Gasteiger partial charge is 0.314 e. The van der Waals surface area contributed by atoms with Crippen LogP contribution in [-0.4, -0.2) is 42.0 Å². The molecule has 4 aromatic rings. The summed E-state index contributed by atoms with van der Waals surface area (Å²) in [4.78, 5) is 19.7. The Bertz CT molecular complexity index is 1250. The third kappa shape index (κ3) is 4.34. The summed E-state index contributed by atoms with van der Waals surface area (Å²) in [6.45, 7) is 1.22. The number of benzene rings is 2. The highest BCUT2D eigenvalue weighted by molar-refractivity contribution is 6.30. The zero-order chi connectivity index (χ0) is 22.8. The molecule has 2 amide bonds. The Labute approximate surface area is 196 Å². The Morgan fingerprint density at radius 1 is 1.12 bits per heavy atom. The van der Waals surface area contributed by atoms with E-state index in [2.05, 4.69) is 20.5 Å². The molecular weight excluding hydrogens is 438 g/mol. The number of anilines is 1. The maximum atomic E-state index is 13.4. The molecule has 1 N–H and O–H groups in total. The zero-order valence-corrected chi connectivity index (χ0v) is 19.0. The van der Waals surface area contributed by atoms with Crippen molar-refractivity contribution in [3.05, 3.63) is 83.5 Å². The minimum absolute atomic E-state index is 0.145. The van der Waals surface area contributed by atoms with Crippen LogP contribution in [0.3, 0.4) is 0 Å². The maximum Gasteiger partial charge on any atom is 0.323 e. The molecule has 0 unspecified atom stereocenters. The molecule has 0 saturated carbocycles. The highest BCUT2D eigenvalue weighted by Crippen LogP contribution is 2.33. The number of likely N-dealkylation sites (tertiary alicyclic amines) is 1. The molecule has 0 spiro atoms. The normalized spacial score (nSPS) is 15.7. The van der Waals surface area contributed by atoms with Gasteiger partial charge in [0.1, 0.15) is 18.0 Å². The van der Waals surface area contributed by atoms with Crippen LogP contribution in [0.15, 0.2) is 67.1 Å². The maximum absolute atomic E-state index is 13.4. The average molecular weight is 462 g/mol. The van der Waals surface area contributed by atoms with Gasteiger partial charge in [-0.25, -0.2) is 14.5 Å². The van der Waals surface area contributed by atoms with Gasteiger partial charge in [0, 0.05) is 24.2 Å². The van der Waals surface area contributed by atoms with E-state index in [1.807, 2.05) is 71.2 Å². The summed E-state index contributed by atoms with van der Waals surface area (Å²) in [5.41, 5.74) is 2.96. The van der Waals surface area contributed by atoms with Crippen LogP contribution < -0.4 is 5.32 Å². The van der Waals surface area contributed by atoms with Crippen molar-refractivity contribution in [1.82, 2.24) is 29.4 Å². The standard InChI is InChI=1S/C24H24ClN7O/c1-30-22(20(14-27-30)18-6-3-2-4-7-18)29-24(33)31-13-5-8-21(31)23-26-16-28-32(23)15-17-9-11-19(25)12-10-17/h2-4,6-7,9-12,14,16,21H,5,8,13,15H2,1H3,(H,29,33)/t21-/m1/s1. The number of carbonyl (C=O) groups excluding carboxylic acids is 1. The zero-order valence-electron chi connectivity index (χ0n) is 18.2. The van der Waals surface area contributed by atoms with Crippen molar-refractivity contribution in [3.63, 3.8) is 0 Å². The van der Waals surface area contributed by atoms with Gasteiger partial charge in [0.05, 0.1) is 18.8 Å². The van der Waals surface area contributed by atoms with Crippen molar-refractivity contribution in [1.29, 1.82) is 0 Å². The van der Waals surface area contributed by atoms with Crippen molar-refractivity contribution in [2.75, 3.05) is 11.9 Å². The number of hydrogen-bond donors (Lipinski definition) is 1. The molecular formula is C24H24ClN7O. The number of carbonyl (C=O) groups is 1. The van der Waals surface area contributed by atoms with Gasteiger partial charge in [-0.15, -0.1) is 0 Å². The van der Waals surface area contributed by atoms with Crippen LogP contribution in [0.1, 0.15) is 30.3 Å². The summed E-state index contributed by atoms with van der Waals surface area (Å²) >= 11 is 6.01. The molecule has 2 aromatic carbocycles. The number of urea groups is 1. The average Bonchev–Trinajstić information content (AvgIpc) is 3.56. The van der Waals surface area contributed by atoms with E-state index < -0.39 is 0 Å². The number of amides is 2. The number of rotatable bonds is 5. The fraction of sp³-hybridized carbons (Fsp3) is 0.250. The molecule has 33 heavy (non-hydrogen) atoms. The van der Waals surface area contributed by atoms with Gasteiger partial charge in [-0.2, -0.15) is 10.2 Å². The lowest BCUT2D eigenvalue weighted by molar-refractivity contribution is 0.203. The number of hydrogen-bond acceptors (Lipinski definition) is 4. The third-order valence-corrected chi connectivity index (χ3v) is 6.20. The van der Waals surface area contributed by atoms with Crippen LogP contribution in [0.2, 0.25) is 5.02 Å². The first-order chi connectivity index (χ1) is 16.1. The summed E-state index contributed by atoms with van der Waals surface area (Å²) in [7, 11) is 1.83. The van der Waals surface area contributed by atoms with Crippen molar-refractivity contribution in [2.24, 2.45) is 7.05 Å². The second kappa shape index (κ2) is 9.07. The van der Waals surface area contributed by atoms with Crippen LogP contribution in [0.25, 0.3) is 11.1 Å². The van der Waals surface area contributed by atoms with Crippen LogP contribution >= 0.6 is 11.6 Å². The Hall–Kier alpha value is -3.65. The molecule has 8 nitrogen and oxygen atoms in total. The number of aromatic nitrogens is 5. The summed E-state index contributed by atoms with van der Waals surface area (Å²) < 4.78 is 3.55. The topological polar surface area (TPSA) is 80.9 Å². The first-order valence-corrected chi connectivity index (χ1v) is 11.2. The van der Waals surface area contributed by atoms with E-state index >= 15 is 0 Å². The second-order valence-electron chi connectivity index (χ2n) is 8.08. The molecule has 1 atom stereocenters. The minimum Gasteiger partial charge on any atom is -0.314 e. The summed E-state index contributed by atoms with van der Waals surface area (Å²) in [6, 6.07) is 17.3. The molecule has 2 aromatic heterocycles. The van der Waals surface area contributed by atoms with Gasteiger partial charge < -0.3 is 4.90 Å². The van der Waals surface area contributed by atoms with Crippen molar-refractivity contribution in [3.8, 4) is 11.1 Å². The predicted molar refractivity (Wildman–Crippen MR) is 127 cm³/mol. The SMILES string of the molecule is Cn1ncc(-c2ccccc2)c1NC(=O)N1CCC[C@@H]1c1ncnn1Cc1ccc(Cl)cc1. The van der Waals surface area contributed by atoms with Gasteiger partial charge >= 0.3 is 6.03 Å². The molecule has 9 heteroatoms. The van der Waals surface area contributed by atoms with Crippen molar-refractivity contribution in [2.45, 2.75) is 25.4 Å². The van der Waals surface area contributed by atoms with Gasteiger partial charge in [-0.3, -0.25) is 10.00 Å². The Kier molecular flexibility index (Phi) is 5.83. The van der Waals surface area contributed by atoms with E-state index in [9.17, 15) is 4.79 Å². The van der Waals surface area contributed by atoms with Gasteiger partial charge in [0.2, 0.25) is 0 Å². The van der Waals surface area contributed by atoms with Gasteiger partial charge in [0.25, 0.3) is 0 Å². The molecule has 1 saturated heterocycles. The molecule has 1 aliphatic rings. The number of halogens is 1. The summed E-state index contributed by atoms with van der Waals surface area (Å²) in [5, 5.41) is 12.5. The quantitative estimate of drug-likeness (QED) is 0.465. The number of nitrogens with one attached hydrogen (secondary N) is 1. The molecule has 168 valence electrons. The first kappa shape index (κ1) is 21.2. The van der Waals surface area contributed by atoms with Crippen LogP contribution in [0.5, 0.6) is 0 Å². The highest BCUT2D eigenvalue weighted by Gasteiger charge is 2.34. The number of aryl methyl sites for hydroxylation is 1. The number of nitrogens with zero attached hydrogens (tertiary/aromatic N) is 6. The molecule has 1 fully saturated rings. The first-order valence-electron chi connectivity index (χ1n) is 10.9. The largest absolute Gasteiger partial charge is 0.323 e. The van der Waals surface area contributed by atoms with E-state index in [-0.39, 0.29) is 12.1 Å². The highest BCUT2D eigenvalue weighted by atomic mass is 35.5. The monoisotopic (exact) mass is 461 g/mol. The van der Waals surface area contributed by atoms with Gasteiger partial charge in [-0.1, -0.05) is 54.1 Å². The third-order valence-electron chi connectivity index (χ3n) is 5.95. The molecule has 5 rings (SSSR count). The fourth-order valence-corrected chi connectivity index (χ4v) is 4.41. The predicted octanol–water partition coefficient (Wildman–Crippen LogP) is 4.75.